The molecule has 0 aromatic rings. The van der Waals surface area contributed by atoms with Crippen molar-refractivity contribution < 1.29 is 28.3 Å². The van der Waals surface area contributed by atoms with Gasteiger partial charge in [-0.15, -0.1) is 0 Å². The smallest absolute Gasteiger partial charge is 0.337 e. The number of allylic oxidation sites excluding steroid dienone is 1. The Balaban J connectivity index is 2.91. The van der Waals surface area contributed by atoms with Gasteiger partial charge in [-0.05, 0) is 11.8 Å². The van der Waals surface area contributed by atoms with Crippen molar-refractivity contribution in [1.29, 1.82) is 0 Å². The molecule has 17 heavy (non-hydrogen) atoms. The Morgan fingerprint density at radius 1 is 1.00 bits per heavy atom. The minimum atomic E-state index is -2.30. The van der Waals surface area contributed by atoms with E-state index in [0.717, 1.165) is 0 Å². The lowest BCUT2D eigenvalue weighted by molar-refractivity contribution is -0.140. The molecule has 0 saturated heterocycles. The molecular formula is C10H12O6Si. The standard InChI is InChI=1S/C10H12O6Si/c1-6(11)14-9-4-5-17(16-8(3)13)10(9)15-7(2)12/h4-5,17H,1-3H3. The molecule has 7 heteroatoms. The predicted octanol–water partition coefficient (Wildman–Crippen LogP) is 0.259. The van der Waals surface area contributed by atoms with E-state index in [9.17, 15) is 14.4 Å². The predicted molar refractivity (Wildman–Crippen MR) is 58.6 cm³/mol. The highest BCUT2D eigenvalue weighted by Crippen LogP contribution is 2.22. The van der Waals surface area contributed by atoms with E-state index in [1.165, 1.54) is 26.8 Å². The summed E-state index contributed by atoms with van der Waals surface area (Å²) in [6.07, 6.45) is 1.47. The molecule has 0 aliphatic carbocycles. The van der Waals surface area contributed by atoms with Crippen molar-refractivity contribution in [2.45, 2.75) is 20.8 Å². The molecule has 6 nitrogen and oxygen atoms in total. The van der Waals surface area contributed by atoms with Crippen LogP contribution in [-0.2, 0) is 28.3 Å². The summed E-state index contributed by atoms with van der Waals surface area (Å²) in [7, 11) is -2.30. The van der Waals surface area contributed by atoms with Crippen molar-refractivity contribution >= 4 is 26.9 Å². The monoisotopic (exact) mass is 256 g/mol. The normalized spacial score (nSPS) is 17.9. The number of carbonyl (C=O) groups excluding carboxylic acids is 3. The van der Waals surface area contributed by atoms with Crippen molar-refractivity contribution in [3.8, 4) is 0 Å². The summed E-state index contributed by atoms with van der Waals surface area (Å²) in [5.41, 5.74) is 1.60. The van der Waals surface area contributed by atoms with Crippen LogP contribution >= 0.6 is 0 Å². The van der Waals surface area contributed by atoms with Crippen LogP contribution in [0.4, 0.5) is 0 Å². The van der Waals surface area contributed by atoms with Gasteiger partial charge >= 0.3 is 21.0 Å². The Morgan fingerprint density at radius 3 is 2.06 bits per heavy atom. The molecule has 1 atom stereocenters. The quantitative estimate of drug-likeness (QED) is 0.409. The van der Waals surface area contributed by atoms with Gasteiger partial charge in [0.2, 0.25) is 0 Å². The van der Waals surface area contributed by atoms with E-state index in [-0.39, 0.29) is 11.1 Å². The molecule has 1 aliphatic heterocycles. The van der Waals surface area contributed by atoms with Gasteiger partial charge in [0.15, 0.2) is 11.1 Å². The lowest BCUT2D eigenvalue weighted by atomic mass is 10.5. The first-order chi connectivity index (χ1) is 7.90. The highest BCUT2D eigenvalue weighted by molar-refractivity contribution is 6.67. The van der Waals surface area contributed by atoms with Crippen LogP contribution in [0.15, 0.2) is 22.9 Å². The van der Waals surface area contributed by atoms with E-state index in [1.807, 2.05) is 0 Å². The van der Waals surface area contributed by atoms with E-state index >= 15 is 0 Å². The minimum Gasteiger partial charge on any atom is -0.510 e. The van der Waals surface area contributed by atoms with Crippen LogP contribution in [0, 0.1) is 0 Å². The summed E-state index contributed by atoms with van der Waals surface area (Å²) in [5, 5.41) is 0.142. The Hall–Kier alpha value is -1.89. The van der Waals surface area contributed by atoms with Gasteiger partial charge in [0.05, 0.1) is 0 Å². The molecule has 0 N–H and O–H groups in total. The lowest BCUT2D eigenvalue weighted by Crippen LogP contribution is -2.24. The van der Waals surface area contributed by atoms with E-state index in [2.05, 4.69) is 0 Å². The van der Waals surface area contributed by atoms with Crippen LogP contribution in [0.25, 0.3) is 0 Å². The summed E-state index contributed by atoms with van der Waals surface area (Å²) in [6, 6.07) is 0. The summed E-state index contributed by atoms with van der Waals surface area (Å²) >= 11 is 0. The Bertz CT molecular complexity index is 423. The van der Waals surface area contributed by atoms with Crippen LogP contribution < -0.4 is 0 Å². The topological polar surface area (TPSA) is 78.9 Å². The summed E-state index contributed by atoms with van der Waals surface area (Å²) in [6.45, 7) is 3.71. The maximum Gasteiger partial charge on any atom is 0.337 e. The molecule has 0 radical (unpaired) electrons. The first-order valence-electron chi connectivity index (χ1n) is 4.86. The Labute approximate surface area is 99.6 Å². The highest BCUT2D eigenvalue weighted by Gasteiger charge is 2.31. The maximum atomic E-state index is 10.9. The molecule has 1 heterocycles. The van der Waals surface area contributed by atoms with Gasteiger partial charge in [-0.2, -0.15) is 0 Å². The molecule has 0 bridgehead atoms. The Kier molecular flexibility index (Phi) is 4.22. The van der Waals surface area contributed by atoms with E-state index < -0.39 is 26.9 Å². The molecular weight excluding hydrogens is 244 g/mol. The third-order valence-electron chi connectivity index (χ3n) is 1.72. The largest absolute Gasteiger partial charge is 0.510 e. The molecule has 1 rings (SSSR count). The second kappa shape index (κ2) is 5.44. The molecule has 1 aliphatic rings. The molecule has 1 unspecified atom stereocenters. The van der Waals surface area contributed by atoms with Gasteiger partial charge in [-0.25, -0.2) is 0 Å². The second-order valence-electron chi connectivity index (χ2n) is 3.30. The number of rotatable bonds is 3. The van der Waals surface area contributed by atoms with E-state index in [0.29, 0.717) is 0 Å². The molecule has 0 aromatic carbocycles. The number of carbonyl (C=O) groups is 3. The SMILES string of the molecule is CC(=O)OC1=C(OC(C)=O)[SiH](OC(C)=O)C=C1. The minimum absolute atomic E-state index is 0.130. The van der Waals surface area contributed by atoms with Gasteiger partial charge < -0.3 is 13.9 Å². The molecule has 92 valence electrons. The van der Waals surface area contributed by atoms with Gasteiger partial charge in [0, 0.05) is 20.8 Å². The summed E-state index contributed by atoms with van der Waals surface area (Å²) < 4.78 is 14.8. The van der Waals surface area contributed by atoms with Gasteiger partial charge in [-0.3, -0.25) is 14.4 Å². The zero-order valence-electron chi connectivity index (χ0n) is 9.68. The van der Waals surface area contributed by atoms with E-state index in [1.54, 1.807) is 5.70 Å². The first-order valence-corrected chi connectivity index (χ1v) is 6.58. The average Bonchev–Trinajstić information content (AvgIpc) is 2.47. The van der Waals surface area contributed by atoms with Crippen LogP contribution in [0.1, 0.15) is 20.8 Å². The van der Waals surface area contributed by atoms with Crippen molar-refractivity contribution in [3.05, 3.63) is 22.9 Å². The highest BCUT2D eigenvalue weighted by atomic mass is 28.3. The molecule has 0 fully saturated rings. The molecule has 0 amide bonds. The lowest BCUT2D eigenvalue weighted by Gasteiger charge is -2.12. The average molecular weight is 256 g/mol. The Morgan fingerprint density at radius 2 is 1.59 bits per heavy atom. The molecule has 0 aromatic heterocycles. The van der Waals surface area contributed by atoms with Crippen LogP contribution in [0.5, 0.6) is 0 Å². The number of ether oxygens (including phenoxy) is 2. The second-order valence-corrected chi connectivity index (χ2v) is 5.29. The van der Waals surface area contributed by atoms with E-state index in [4.69, 9.17) is 13.9 Å². The zero-order chi connectivity index (χ0) is 13.0. The van der Waals surface area contributed by atoms with Crippen LogP contribution in [0.2, 0.25) is 0 Å². The summed E-state index contributed by atoms with van der Waals surface area (Å²) in [4.78, 5) is 32.6. The number of hydrogen-bond donors (Lipinski definition) is 0. The number of hydrogen-bond acceptors (Lipinski definition) is 6. The fourth-order valence-corrected chi connectivity index (χ4v) is 3.04. The maximum absolute atomic E-state index is 10.9. The number of esters is 2. The van der Waals surface area contributed by atoms with Crippen molar-refractivity contribution in [1.82, 2.24) is 0 Å². The van der Waals surface area contributed by atoms with Crippen molar-refractivity contribution in [3.63, 3.8) is 0 Å². The zero-order valence-corrected chi connectivity index (χ0v) is 10.8. The third kappa shape index (κ3) is 3.87. The molecule has 0 spiro atoms. The van der Waals surface area contributed by atoms with Crippen LogP contribution in [-0.4, -0.2) is 26.9 Å². The van der Waals surface area contributed by atoms with Crippen molar-refractivity contribution in [2.24, 2.45) is 0 Å². The summed E-state index contributed by atoms with van der Waals surface area (Å²) in [5.74, 6) is -1.43. The fraction of sp³-hybridized carbons (Fsp3) is 0.300. The fourth-order valence-electron chi connectivity index (χ4n) is 1.26. The van der Waals surface area contributed by atoms with Gasteiger partial charge in [0.25, 0.3) is 5.97 Å². The van der Waals surface area contributed by atoms with Crippen LogP contribution in [0.3, 0.4) is 0 Å². The first kappa shape index (κ1) is 13.2. The van der Waals surface area contributed by atoms with Gasteiger partial charge in [-0.1, -0.05) is 0 Å². The third-order valence-corrected chi connectivity index (χ3v) is 3.77. The molecule has 0 saturated carbocycles. The van der Waals surface area contributed by atoms with Gasteiger partial charge in [0.1, 0.15) is 0 Å². The van der Waals surface area contributed by atoms with Crippen molar-refractivity contribution in [2.75, 3.05) is 0 Å².